The lowest BCUT2D eigenvalue weighted by molar-refractivity contribution is -0.141. The summed E-state index contributed by atoms with van der Waals surface area (Å²) in [5.41, 5.74) is 4.59. The summed E-state index contributed by atoms with van der Waals surface area (Å²) < 4.78 is 5.56. The van der Waals surface area contributed by atoms with Gasteiger partial charge in [-0.1, -0.05) is 60.7 Å². The summed E-state index contributed by atoms with van der Waals surface area (Å²) in [7, 11) is 1.55. The van der Waals surface area contributed by atoms with Gasteiger partial charge in [-0.15, -0.1) is 0 Å². The molecule has 5 rings (SSSR count). The van der Waals surface area contributed by atoms with Gasteiger partial charge in [-0.3, -0.25) is 14.4 Å². The van der Waals surface area contributed by atoms with Crippen molar-refractivity contribution >= 4 is 28.5 Å². The van der Waals surface area contributed by atoms with Crippen LogP contribution >= 0.6 is 0 Å². The summed E-state index contributed by atoms with van der Waals surface area (Å²) in [5, 5.41) is 16.0. The first kappa shape index (κ1) is 25.0. The number of carbonyl (C=O) groups excluding carboxylic acids is 1. The van der Waals surface area contributed by atoms with Crippen molar-refractivity contribution in [2.45, 2.75) is 32.2 Å². The second kappa shape index (κ2) is 10.3. The van der Waals surface area contributed by atoms with E-state index in [9.17, 15) is 14.4 Å². The number of carbonyl (C=O) groups is 2. The SMILES string of the molecule is COc1ccccc1C1CC(c2c(-c3ccccc3)c3ccc(C)cc3[nH]c2=O)=NN1C(=O)CCC(=O)O. The van der Waals surface area contributed by atoms with Crippen LogP contribution in [0.15, 0.2) is 82.7 Å². The van der Waals surface area contributed by atoms with Crippen LogP contribution in [0.3, 0.4) is 0 Å². The first-order valence-electron chi connectivity index (χ1n) is 12.3. The van der Waals surface area contributed by atoms with E-state index in [1.165, 1.54) is 5.01 Å². The number of H-pyrrole nitrogens is 1. The van der Waals surface area contributed by atoms with Crippen LogP contribution in [0.4, 0.5) is 0 Å². The van der Waals surface area contributed by atoms with Crippen LogP contribution < -0.4 is 10.3 Å². The Bertz CT molecular complexity index is 1620. The van der Waals surface area contributed by atoms with Gasteiger partial charge < -0.3 is 14.8 Å². The first-order chi connectivity index (χ1) is 18.4. The Morgan fingerprint density at radius 3 is 2.50 bits per heavy atom. The summed E-state index contributed by atoms with van der Waals surface area (Å²) in [4.78, 5) is 41.1. The molecule has 38 heavy (non-hydrogen) atoms. The number of aromatic amines is 1. The summed E-state index contributed by atoms with van der Waals surface area (Å²) in [6.07, 6.45) is -0.264. The predicted molar refractivity (Wildman–Crippen MR) is 145 cm³/mol. The van der Waals surface area contributed by atoms with Crippen molar-refractivity contribution in [3.63, 3.8) is 0 Å². The number of pyridine rings is 1. The Morgan fingerprint density at radius 2 is 1.76 bits per heavy atom. The smallest absolute Gasteiger partial charge is 0.303 e. The summed E-state index contributed by atoms with van der Waals surface area (Å²) in [6.45, 7) is 1.97. The van der Waals surface area contributed by atoms with Crippen LogP contribution in [0.1, 0.15) is 42.0 Å². The van der Waals surface area contributed by atoms with Gasteiger partial charge in [0.2, 0.25) is 5.91 Å². The number of aryl methyl sites for hydroxylation is 1. The third-order valence-electron chi connectivity index (χ3n) is 6.74. The number of aliphatic carboxylic acids is 1. The van der Waals surface area contributed by atoms with Gasteiger partial charge in [0.25, 0.3) is 5.56 Å². The van der Waals surface area contributed by atoms with Crippen molar-refractivity contribution in [2.75, 3.05) is 7.11 Å². The normalized spacial score (nSPS) is 14.9. The number of nitrogens with zero attached hydrogens (tertiary/aromatic N) is 2. The molecule has 192 valence electrons. The molecule has 1 aromatic heterocycles. The van der Waals surface area contributed by atoms with E-state index >= 15 is 0 Å². The molecule has 2 heterocycles. The molecule has 0 saturated heterocycles. The van der Waals surface area contributed by atoms with Gasteiger partial charge in [0, 0.05) is 34.9 Å². The zero-order chi connectivity index (χ0) is 26.8. The molecule has 1 aliphatic heterocycles. The van der Waals surface area contributed by atoms with Crippen LogP contribution in [0.5, 0.6) is 5.75 Å². The second-order valence-electron chi connectivity index (χ2n) is 9.26. The number of amides is 1. The molecule has 2 N–H and O–H groups in total. The van der Waals surface area contributed by atoms with Gasteiger partial charge >= 0.3 is 5.97 Å². The molecule has 1 amide bonds. The molecule has 1 unspecified atom stereocenters. The molecule has 1 atom stereocenters. The average Bonchev–Trinajstić information content (AvgIpc) is 3.36. The minimum absolute atomic E-state index is 0.212. The van der Waals surface area contributed by atoms with E-state index in [0.717, 1.165) is 27.6 Å². The number of aromatic nitrogens is 1. The van der Waals surface area contributed by atoms with Gasteiger partial charge in [-0.25, -0.2) is 5.01 Å². The average molecular weight is 510 g/mol. The molecule has 8 heteroatoms. The predicted octanol–water partition coefficient (Wildman–Crippen LogP) is 5.05. The third-order valence-corrected chi connectivity index (χ3v) is 6.74. The Balaban J connectivity index is 1.71. The number of nitrogens with one attached hydrogen (secondary N) is 1. The highest BCUT2D eigenvalue weighted by Gasteiger charge is 2.36. The number of hydrogen-bond acceptors (Lipinski definition) is 5. The molecule has 1 aliphatic rings. The van der Waals surface area contributed by atoms with E-state index in [1.54, 1.807) is 13.2 Å². The number of para-hydroxylation sites is 1. The third kappa shape index (κ3) is 4.68. The molecule has 0 bridgehead atoms. The highest BCUT2D eigenvalue weighted by atomic mass is 16.5. The first-order valence-corrected chi connectivity index (χ1v) is 12.3. The van der Waals surface area contributed by atoms with E-state index < -0.39 is 17.9 Å². The van der Waals surface area contributed by atoms with Crippen LogP contribution in [-0.4, -0.2) is 39.8 Å². The quantitative estimate of drug-likeness (QED) is 0.362. The minimum Gasteiger partial charge on any atom is -0.496 e. The van der Waals surface area contributed by atoms with E-state index in [-0.39, 0.29) is 24.8 Å². The highest BCUT2D eigenvalue weighted by molar-refractivity contribution is 6.13. The number of fused-ring (bicyclic) bond motifs is 1. The van der Waals surface area contributed by atoms with E-state index in [4.69, 9.17) is 9.84 Å². The maximum absolute atomic E-state index is 13.6. The number of methoxy groups -OCH3 is 1. The summed E-state index contributed by atoms with van der Waals surface area (Å²) >= 11 is 0. The van der Waals surface area contributed by atoms with Crippen molar-refractivity contribution < 1.29 is 19.4 Å². The molecule has 4 aromatic rings. The van der Waals surface area contributed by atoms with Gasteiger partial charge in [-0.2, -0.15) is 5.10 Å². The number of rotatable bonds is 7. The fraction of sp³-hybridized carbons (Fsp3) is 0.200. The summed E-state index contributed by atoms with van der Waals surface area (Å²) in [6, 6.07) is 22.3. The molecular formula is C30H27N3O5. The second-order valence-corrected chi connectivity index (χ2v) is 9.26. The molecule has 0 spiro atoms. The van der Waals surface area contributed by atoms with Gasteiger partial charge in [0.05, 0.1) is 30.8 Å². The van der Waals surface area contributed by atoms with Crippen LogP contribution in [0.2, 0.25) is 0 Å². The van der Waals surface area contributed by atoms with Gasteiger partial charge in [0.15, 0.2) is 0 Å². The number of benzene rings is 3. The Labute approximate surface area is 219 Å². The number of ether oxygens (including phenoxy) is 1. The Hall–Kier alpha value is -4.72. The lowest BCUT2D eigenvalue weighted by atomic mass is 9.90. The fourth-order valence-corrected chi connectivity index (χ4v) is 5.00. The molecule has 0 fully saturated rings. The lowest BCUT2D eigenvalue weighted by Crippen LogP contribution is -2.27. The molecule has 3 aromatic carbocycles. The largest absolute Gasteiger partial charge is 0.496 e. The van der Waals surface area contributed by atoms with Crippen molar-refractivity contribution in [1.82, 2.24) is 9.99 Å². The number of hydrazone groups is 1. The van der Waals surface area contributed by atoms with Crippen molar-refractivity contribution in [1.29, 1.82) is 0 Å². The Kier molecular flexibility index (Phi) is 6.79. The van der Waals surface area contributed by atoms with E-state index in [0.29, 0.717) is 22.5 Å². The maximum atomic E-state index is 13.6. The molecule has 0 aliphatic carbocycles. The molecule has 0 radical (unpaired) electrons. The number of carboxylic acids is 1. The van der Waals surface area contributed by atoms with Crippen molar-refractivity contribution in [3.8, 4) is 16.9 Å². The van der Waals surface area contributed by atoms with Gasteiger partial charge in [-0.05, 0) is 30.2 Å². The molecule has 8 nitrogen and oxygen atoms in total. The van der Waals surface area contributed by atoms with E-state index in [1.807, 2.05) is 73.7 Å². The Morgan fingerprint density at radius 1 is 1.03 bits per heavy atom. The zero-order valence-corrected chi connectivity index (χ0v) is 21.1. The fourth-order valence-electron chi connectivity index (χ4n) is 5.00. The number of carboxylic acid groups (broad SMARTS) is 1. The lowest BCUT2D eigenvalue weighted by Gasteiger charge is -2.23. The zero-order valence-electron chi connectivity index (χ0n) is 21.1. The standard InChI is InChI=1S/C30H27N3O5/c1-18-12-13-20-22(16-18)31-30(37)29(28(20)19-8-4-3-5-9-19)23-17-24(21-10-6-7-11-25(21)38-2)33(32-23)26(34)14-15-27(35)36/h3-13,16,24H,14-15,17H2,1-2H3,(H,31,37)(H,35,36). The van der Waals surface area contributed by atoms with Crippen LogP contribution in [-0.2, 0) is 9.59 Å². The monoisotopic (exact) mass is 509 g/mol. The molecular weight excluding hydrogens is 482 g/mol. The number of hydrogen-bond donors (Lipinski definition) is 2. The van der Waals surface area contributed by atoms with Crippen molar-refractivity contribution in [3.05, 3.63) is 99.8 Å². The summed E-state index contributed by atoms with van der Waals surface area (Å²) in [5.74, 6) is -0.924. The topological polar surface area (TPSA) is 112 Å². The maximum Gasteiger partial charge on any atom is 0.303 e. The molecule has 0 saturated carbocycles. The van der Waals surface area contributed by atoms with Crippen LogP contribution in [0.25, 0.3) is 22.0 Å². The van der Waals surface area contributed by atoms with Crippen LogP contribution in [0, 0.1) is 6.92 Å². The van der Waals surface area contributed by atoms with Gasteiger partial charge in [0.1, 0.15) is 5.75 Å². The highest BCUT2D eigenvalue weighted by Crippen LogP contribution is 2.40. The van der Waals surface area contributed by atoms with E-state index in [2.05, 4.69) is 10.1 Å². The minimum atomic E-state index is -1.07. The van der Waals surface area contributed by atoms with Crippen molar-refractivity contribution in [2.24, 2.45) is 5.10 Å².